The van der Waals surface area contributed by atoms with Gasteiger partial charge in [0, 0.05) is 61.2 Å². The molecule has 308 valence electrons. The zero-order chi connectivity index (χ0) is 43.0. The standard InChI is InChI=1S/C60H46N2O2/c1-59(2,3)43-21-11-17-37-39-19-13-25-49(57(39)63-55(37)43)61-45-23-9-7-15-35(45)41-31-34-28-30-48-54-42(32-33-27-29-47(61)53(41)51(33)52(34)54)36-16-8-10-24-46(36)62(48)50-26-14-20-40-38-18-12-22-44(60(4,5)6)56(38)64-58(40)50/h7-33,51H,1-6H3. The molecule has 0 bridgehead atoms. The lowest BCUT2D eigenvalue weighted by Crippen LogP contribution is -2.34. The van der Waals surface area contributed by atoms with Gasteiger partial charge < -0.3 is 18.6 Å². The maximum absolute atomic E-state index is 7.08. The van der Waals surface area contributed by atoms with Crippen LogP contribution in [0.25, 0.3) is 61.1 Å². The molecule has 2 aromatic heterocycles. The first-order chi connectivity index (χ1) is 31.0. The van der Waals surface area contributed by atoms with Gasteiger partial charge in [0.1, 0.15) is 11.2 Å². The Balaban J connectivity index is 1.02. The van der Waals surface area contributed by atoms with Gasteiger partial charge in [-0.15, -0.1) is 0 Å². The first-order valence-electron chi connectivity index (χ1n) is 22.8. The molecule has 9 aromatic rings. The number of hydrogen-bond donors (Lipinski definition) is 0. The number of benzene rings is 7. The van der Waals surface area contributed by atoms with Crippen LogP contribution in [0.4, 0.5) is 28.4 Å². The van der Waals surface area contributed by atoms with Crippen LogP contribution in [0.3, 0.4) is 0 Å². The fourth-order valence-corrected chi connectivity index (χ4v) is 12.0. The first kappa shape index (κ1) is 36.2. The summed E-state index contributed by atoms with van der Waals surface area (Å²) in [4.78, 5) is 4.97. The number of fused-ring (bicyclic) bond motifs is 10. The molecular formula is C60H46N2O2. The van der Waals surface area contributed by atoms with Crippen molar-refractivity contribution in [3.63, 3.8) is 0 Å². The summed E-state index contributed by atoms with van der Waals surface area (Å²) in [7, 11) is 0. The molecule has 7 aromatic carbocycles. The second kappa shape index (κ2) is 12.2. The minimum Gasteiger partial charge on any atom is -0.454 e. The number of hydrogen-bond acceptors (Lipinski definition) is 4. The number of rotatable bonds is 2. The normalized spacial score (nSPS) is 18.2. The van der Waals surface area contributed by atoms with Crippen LogP contribution in [-0.4, -0.2) is 0 Å². The lowest BCUT2D eigenvalue weighted by molar-refractivity contribution is 0.572. The highest BCUT2D eigenvalue weighted by molar-refractivity contribution is 6.16. The summed E-state index contributed by atoms with van der Waals surface area (Å²) in [6.45, 7) is 13.6. The summed E-state index contributed by atoms with van der Waals surface area (Å²) in [6.07, 6.45) is 9.91. The molecule has 4 nitrogen and oxygen atoms in total. The molecule has 4 heteroatoms. The van der Waals surface area contributed by atoms with Crippen LogP contribution in [0, 0.1) is 5.92 Å². The van der Waals surface area contributed by atoms with E-state index in [1.165, 1.54) is 78.4 Å². The Morgan fingerprint density at radius 1 is 0.469 bits per heavy atom. The van der Waals surface area contributed by atoms with E-state index in [0.717, 1.165) is 55.3 Å². The lowest BCUT2D eigenvalue weighted by atomic mass is 9.61. The summed E-state index contributed by atoms with van der Waals surface area (Å²) in [5, 5.41) is 4.60. The van der Waals surface area contributed by atoms with E-state index >= 15 is 0 Å². The van der Waals surface area contributed by atoms with E-state index in [9.17, 15) is 0 Å². The van der Waals surface area contributed by atoms with Crippen molar-refractivity contribution in [2.24, 2.45) is 5.92 Å². The smallest absolute Gasteiger partial charge is 0.159 e. The molecule has 64 heavy (non-hydrogen) atoms. The highest BCUT2D eigenvalue weighted by atomic mass is 16.3. The van der Waals surface area contributed by atoms with Crippen LogP contribution in [0.1, 0.15) is 86.4 Å². The Kier molecular flexibility index (Phi) is 6.92. The monoisotopic (exact) mass is 826 g/mol. The number of nitrogens with zero attached hydrogens (tertiary/aromatic N) is 2. The fraction of sp³-hybridized carbons (Fsp3) is 0.167. The SMILES string of the molecule is CC(C)(C)c1cccc2c1oc1c(N3C4=C5C(=Cc6ccc7c8c6C5C(C=C4)C=C8c4ccccc4N7c4cccc5c4oc4c(C(C)(C)C)cccc45)c4ccccc43)cccc12. The molecular weight excluding hydrogens is 781 g/mol. The minimum atomic E-state index is -0.0674. The van der Waals surface area contributed by atoms with E-state index in [2.05, 4.69) is 209 Å². The summed E-state index contributed by atoms with van der Waals surface area (Å²) in [5.74, 6) is 0.298. The van der Waals surface area contributed by atoms with E-state index in [4.69, 9.17) is 8.83 Å². The zero-order valence-electron chi connectivity index (χ0n) is 36.9. The van der Waals surface area contributed by atoms with Gasteiger partial charge in [0.25, 0.3) is 0 Å². The molecule has 2 unspecified atom stereocenters. The Bertz CT molecular complexity index is 3720. The first-order valence-corrected chi connectivity index (χ1v) is 22.8. The Morgan fingerprint density at radius 3 is 1.59 bits per heavy atom. The predicted octanol–water partition coefficient (Wildman–Crippen LogP) is 16.5. The lowest BCUT2D eigenvalue weighted by Gasteiger charge is -2.48. The van der Waals surface area contributed by atoms with Crippen LogP contribution in [0.2, 0.25) is 0 Å². The molecule has 14 rings (SSSR count). The second-order valence-electron chi connectivity index (χ2n) is 20.4. The maximum Gasteiger partial charge on any atom is 0.159 e. The molecule has 0 saturated carbocycles. The van der Waals surface area contributed by atoms with Gasteiger partial charge in [0.05, 0.1) is 34.1 Å². The molecule has 3 aliphatic carbocycles. The molecule has 0 radical (unpaired) electrons. The number of anilines is 5. The van der Waals surface area contributed by atoms with Gasteiger partial charge in [0.2, 0.25) is 0 Å². The van der Waals surface area contributed by atoms with Crippen LogP contribution in [0.5, 0.6) is 0 Å². The number of allylic oxidation sites excluding steroid dienone is 5. The maximum atomic E-state index is 7.08. The van der Waals surface area contributed by atoms with Gasteiger partial charge in [-0.25, -0.2) is 0 Å². The second-order valence-corrected chi connectivity index (χ2v) is 20.4. The van der Waals surface area contributed by atoms with Gasteiger partial charge in [-0.05, 0) is 81.2 Å². The van der Waals surface area contributed by atoms with Gasteiger partial charge >= 0.3 is 0 Å². The Morgan fingerprint density at radius 2 is 0.984 bits per heavy atom. The molecule has 0 spiro atoms. The average molecular weight is 827 g/mol. The van der Waals surface area contributed by atoms with Crippen LogP contribution in [0.15, 0.2) is 172 Å². The number of para-hydroxylation sites is 6. The highest BCUT2D eigenvalue weighted by Gasteiger charge is 2.47. The van der Waals surface area contributed by atoms with E-state index in [1.54, 1.807) is 0 Å². The number of furan rings is 2. The van der Waals surface area contributed by atoms with E-state index < -0.39 is 0 Å². The molecule has 2 aliphatic heterocycles. The third kappa shape index (κ3) is 4.62. The van der Waals surface area contributed by atoms with Crippen LogP contribution >= 0.6 is 0 Å². The van der Waals surface area contributed by atoms with Crippen molar-refractivity contribution in [1.82, 2.24) is 0 Å². The minimum absolute atomic E-state index is 0.0663. The van der Waals surface area contributed by atoms with E-state index in [0.29, 0.717) is 0 Å². The van der Waals surface area contributed by atoms with Crippen LogP contribution in [-0.2, 0) is 10.8 Å². The van der Waals surface area contributed by atoms with Gasteiger partial charge in [-0.2, -0.15) is 0 Å². The quantitative estimate of drug-likeness (QED) is 0.174. The van der Waals surface area contributed by atoms with Crippen molar-refractivity contribution in [3.05, 3.63) is 202 Å². The van der Waals surface area contributed by atoms with Gasteiger partial charge in [-0.3, -0.25) is 0 Å². The molecule has 0 amide bonds. The van der Waals surface area contributed by atoms with E-state index in [-0.39, 0.29) is 22.7 Å². The largest absolute Gasteiger partial charge is 0.454 e. The van der Waals surface area contributed by atoms with Crippen molar-refractivity contribution >= 4 is 89.5 Å². The molecule has 0 N–H and O–H groups in total. The zero-order valence-corrected chi connectivity index (χ0v) is 36.9. The van der Waals surface area contributed by atoms with Crippen molar-refractivity contribution in [3.8, 4) is 0 Å². The summed E-state index contributed by atoms with van der Waals surface area (Å²) >= 11 is 0. The van der Waals surface area contributed by atoms with Gasteiger partial charge in [-0.1, -0.05) is 157 Å². The van der Waals surface area contributed by atoms with Crippen molar-refractivity contribution in [1.29, 1.82) is 0 Å². The van der Waals surface area contributed by atoms with Crippen molar-refractivity contribution < 1.29 is 8.83 Å². The summed E-state index contributed by atoms with van der Waals surface area (Å²) in [5.41, 5.74) is 23.5. The topological polar surface area (TPSA) is 32.8 Å². The van der Waals surface area contributed by atoms with Crippen molar-refractivity contribution in [2.45, 2.75) is 58.3 Å². The molecule has 5 aliphatic rings. The fourth-order valence-electron chi connectivity index (χ4n) is 12.0. The van der Waals surface area contributed by atoms with Crippen LogP contribution < -0.4 is 9.80 Å². The van der Waals surface area contributed by atoms with E-state index in [1.807, 2.05) is 0 Å². The highest BCUT2D eigenvalue weighted by Crippen LogP contribution is 2.64. The molecule has 4 heterocycles. The molecule has 0 saturated heterocycles. The average Bonchev–Trinajstić information content (AvgIpc) is 3.88. The Labute approximate surface area is 372 Å². The third-order valence-corrected chi connectivity index (χ3v) is 14.7. The summed E-state index contributed by atoms with van der Waals surface area (Å²) < 4.78 is 14.2. The summed E-state index contributed by atoms with van der Waals surface area (Å²) in [6, 6.07) is 49.2. The molecule has 2 atom stereocenters. The van der Waals surface area contributed by atoms with Gasteiger partial charge in [0.15, 0.2) is 11.2 Å². The van der Waals surface area contributed by atoms with Crippen molar-refractivity contribution in [2.75, 3.05) is 9.80 Å². The Hall–Kier alpha value is -7.30. The third-order valence-electron chi connectivity index (χ3n) is 14.7. The predicted molar refractivity (Wildman–Crippen MR) is 265 cm³/mol. The molecule has 0 fully saturated rings.